The van der Waals surface area contributed by atoms with Gasteiger partial charge in [-0.05, 0) is 31.5 Å². The normalized spacial score (nSPS) is 12.4. The lowest BCUT2D eigenvalue weighted by molar-refractivity contribution is 0.414. The van der Waals surface area contributed by atoms with E-state index in [-0.39, 0.29) is 11.6 Å². The van der Waals surface area contributed by atoms with Crippen LogP contribution in [0.2, 0.25) is 0 Å². The van der Waals surface area contributed by atoms with Crippen molar-refractivity contribution in [3.63, 3.8) is 0 Å². The van der Waals surface area contributed by atoms with Crippen molar-refractivity contribution >= 4 is 17.0 Å². The van der Waals surface area contributed by atoms with E-state index in [1.165, 1.54) is 4.57 Å². The van der Waals surface area contributed by atoms with Gasteiger partial charge in [0, 0.05) is 14.1 Å². The number of benzene rings is 1. The van der Waals surface area contributed by atoms with Gasteiger partial charge in [0.05, 0.1) is 18.8 Å². The highest BCUT2D eigenvalue weighted by atomic mass is 16.5. The van der Waals surface area contributed by atoms with Crippen molar-refractivity contribution in [1.82, 2.24) is 19.3 Å². The number of anilines is 1. The Morgan fingerprint density at radius 1 is 1.21 bits per heavy atom. The molecular formula is C17H21N5O2. The molecule has 3 rings (SSSR count). The summed E-state index contributed by atoms with van der Waals surface area (Å²) in [7, 11) is 5.10. The number of methoxy groups -OCH3 is 1. The van der Waals surface area contributed by atoms with Crippen molar-refractivity contribution in [3.05, 3.63) is 45.9 Å². The second-order valence-electron chi connectivity index (χ2n) is 5.84. The molecule has 0 bridgehead atoms. The summed E-state index contributed by atoms with van der Waals surface area (Å²) >= 11 is 0. The summed E-state index contributed by atoms with van der Waals surface area (Å²) in [6, 6.07) is 7.79. The van der Waals surface area contributed by atoms with Crippen LogP contribution in [0.25, 0.3) is 11.0 Å². The first-order chi connectivity index (χ1) is 11.4. The summed E-state index contributed by atoms with van der Waals surface area (Å²) in [4.78, 5) is 17.2. The van der Waals surface area contributed by atoms with Gasteiger partial charge in [-0.3, -0.25) is 14.0 Å². The number of hydrogen-bond acceptors (Lipinski definition) is 5. The smallest absolute Gasteiger partial charge is 0.280 e. The molecule has 1 unspecified atom stereocenters. The molecule has 0 aliphatic rings. The van der Waals surface area contributed by atoms with Crippen LogP contribution in [0.5, 0.6) is 5.75 Å². The number of hydrogen-bond donors (Lipinski definition) is 1. The quantitative estimate of drug-likeness (QED) is 0.795. The maximum Gasteiger partial charge on any atom is 0.280 e. The van der Waals surface area contributed by atoms with Gasteiger partial charge >= 0.3 is 0 Å². The number of nitrogens with zero attached hydrogens (tertiary/aromatic N) is 4. The number of nitrogens with one attached hydrogen (secondary N) is 1. The SMILES string of the molecule is COc1ccc(C(C)Nc2nc3c(C)nn(C)c3c(=O)n2C)cc1. The number of rotatable bonds is 4. The molecule has 126 valence electrons. The minimum Gasteiger partial charge on any atom is -0.497 e. The van der Waals surface area contributed by atoms with Crippen LogP contribution >= 0.6 is 0 Å². The first-order valence-corrected chi connectivity index (χ1v) is 7.73. The molecule has 0 fully saturated rings. The van der Waals surface area contributed by atoms with Gasteiger partial charge in [0.15, 0.2) is 5.52 Å². The molecule has 3 aromatic rings. The van der Waals surface area contributed by atoms with E-state index < -0.39 is 0 Å². The number of ether oxygens (including phenoxy) is 1. The van der Waals surface area contributed by atoms with E-state index >= 15 is 0 Å². The predicted molar refractivity (Wildman–Crippen MR) is 93.5 cm³/mol. The Morgan fingerprint density at radius 3 is 2.50 bits per heavy atom. The van der Waals surface area contributed by atoms with E-state index in [0.29, 0.717) is 17.0 Å². The Hall–Kier alpha value is -2.83. The Labute approximate surface area is 139 Å². The van der Waals surface area contributed by atoms with E-state index in [4.69, 9.17) is 4.74 Å². The molecule has 0 saturated carbocycles. The first-order valence-electron chi connectivity index (χ1n) is 7.73. The van der Waals surface area contributed by atoms with E-state index in [1.54, 1.807) is 25.9 Å². The van der Waals surface area contributed by atoms with Crippen molar-refractivity contribution in [2.45, 2.75) is 19.9 Å². The van der Waals surface area contributed by atoms with Gasteiger partial charge in [-0.2, -0.15) is 5.10 Å². The third-order valence-corrected chi connectivity index (χ3v) is 4.19. The van der Waals surface area contributed by atoms with Gasteiger partial charge in [0.2, 0.25) is 5.95 Å². The molecule has 1 N–H and O–H groups in total. The zero-order valence-electron chi connectivity index (χ0n) is 14.5. The van der Waals surface area contributed by atoms with Gasteiger partial charge in [-0.15, -0.1) is 0 Å². The number of fused-ring (bicyclic) bond motifs is 1. The van der Waals surface area contributed by atoms with Crippen LogP contribution in [0.4, 0.5) is 5.95 Å². The molecule has 24 heavy (non-hydrogen) atoms. The lowest BCUT2D eigenvalue weighted by atomic mass is 10.1. The summed E-state index contributed by atoms with van der Waals surface area (Å²) < 4.78 is 8.28. The largest absolute Gasteiger partial charge is 0.497 e. The molecule has 1 aromatic carbocycles. The van der Waals surface area contributed by atoms with Crippen molar-refractivity contribution < 1.29 is 4.74 Å². The van der Waals surface area contributed by atoms with Crippen LogP contribution in [-0.2, 0) is 14.1 Å². The maximum absolute atomic E-state index is 12.6. The van der Waals surface area contributed by atoms with Crippen molar-refractivity contribution in [2.75, 3.05) is 12.4 Å². The molecule has 2 aromatic heterocycles. The Balaban J connectivity index is 1.98. The standard InChI is InChI=1S/C17H21N5O2/c1-10(12-6-8-13(24-5)9-7-12)18-17-19-14-11(2)20-22(4)15(14)16(23)21(17)3/h6-10H,1-5H3,(H,18,19). The molecule has 7 heteroatoms. The topological polar surface area (TPSA) is 74.0 Å². The summed E-state index contributed by atoms with van der Waals surface area (Å²) in [5.74, 6) is 1.33. The highest BCUT2D eigenvalue weighted by molar-refractivity contribution is 5.77. The van der Waals surface area contributed by atoms with E-state index in [2.05, 4.69) is 15.4 Å². The minimum atomic E-state index is -0.118. The van der Waals surface area contributed by atoms with Crippen LogP contribution in [0.1, 0.15) is 24.2 Å². The zero-order chi connectivity index (χ0) is 17.4. The highest BCUT2D eigenvalue weighted by Crippen LogP contribution is 2.21. The summed E-state index contributed by atoms with van der Waals surface area (Å²) in [6.45, 7) is 3.87. The summed E-state index contributed by atoms with van der Waals surface area (Å²) in [6.07, 6.45) is 0. The maximum atomic E-state index is 12.6. The van der Waals surface area contributed by atoms with Gasteiger partial charge in [-0.25, -0.2) is 4.98 Å². The molecule has 0 amide bonds. The molecular weight excluding hydrogens is 306 g/mol. The molecule has 0 saturated heterocycles. The van der Waals surface area contributed by atoms with E-state index in [1.807, 2.05) is 38.1 Å². The molecule has 0 spiro atoms. The van der Waals surface area contributed by atoms with Crippen LogP contribution in [-0.4, -0.2) is 26.4 Å². The third-order valence-electron chi connectivity index (χ3n) is 4.19. The van der Waals surface area contributed by atoms with Gasteiger partial charge in [-0.1, -0.05) is 12.1 Å². The average Bonchev–Trinajstić information content (AvgIpc) is 2.86. The van der Waals surface area contributed by atoms with Crippen LogP contribution in [0.15, 0.2) is 29.1 Å². The summed E-state index contributed by atoms with van der Waals surface area (Å²) in [5.41, 5.74) is 2.84. The van der Waals surface area contributed by atoms with Crippen molar-refractivity contribution in [2.24, 2.45) is 14.1 Å². The highest BCUT2D eigenvalue weighted by Gasteiger charge is 2.16. The van der Waals surface area contributed by atoms with Gasteiger partial charge in [0.25, 0.3) is 5.56 Å². The molecule has 0 aliphatic carbocycles. The predicted octanol–water partition coefficient (Wildman–Crippen LogP) is 2.16. The fourth-order valence-electron chi connectivity index (χ4n) is 2.76. The third kappa shape index (κ3) is 2.62. The van der Waals surface area contributed by atoms with Crippen molar-refractivity contribution in [1.29, 1.82) is 0 Å². The van der Waals surface area contributed by atoms with Gasteiger partial charge in [0.1, 0.15) is 11.3 Å². The fraction of sp³-hybridized carbons (Fsp3) is 0.353. The number of aryl methyl sites for hydroxylation is 2. The van der Waals surface area contributed by atoms with Crippen LogP contribution < -0.4 is 15.6 Å². The van der Waals surface area contributed by atoms with Gasteiger partial charge < -0.3 is 10.1 Å². The molecule has 7 nitrogen and oxygen atoms in total. The molecule has 2 heterocycles. The first kappa shape index (κ1) is 16.0. The second kappa shape index (κ2) is 5.99. The van der Waals surface area contributed by atoms with E-state index in [9.17, 15) is 4.79 Å². The second-order valence-corrected chi connectivity index (χ2v) is 5.84. The molecule has 0 aliphatic heterocycles. The Kier molecular flexibility index (Phi) is 4.01. The monoisotopic (exact) mass is 327 g/mol. The Bertz CT molecular complexity index is 940. The average molecular weight is 327 g/mol. The summed E-state index contributed by atoms with van der Waals surface area (Å²) in [5, 5.41) is 7.60. The Morgan fingerprint density at radius 2 is 1.88 bits per heavy atom. The minimum absolute atomic E-state index is 0.0107. The van der Waals surface area contributed by atoms with Crippen LogP contribution in [0.3, 0.4) is 0 Å². The molecule has 1 atom stereocenters. The lowest BCUT2D eigenvalue weighted by Crippen LogP contribution is -2.24. The lowest BCUT2D eigenvalue weighted by Gasteiger charge is -2.17. The molecule has 0 radical (unpaired) electrons. The van der Waals surface area contributed by atoms with Crippen molar-refractivity contribution in [3.8, 4) is 5.75 Å². The van der Waals surface area contributed by atoms with Crippen LogP contribution in [0, 0.1) is 6.92 Å². The van der Waals surface area contributed by atoms with E-state index in [0.717, 1.165) is 17.0 Å². The number of aromatic nitrogens is 4. The zero-order valence-corrected chi connectivity index (χ0v) is 14.5. The fourth-order valence-corrected chi connectivity index (χ4v) is 2.76.